The molecule has 1 aromatic rings. The topological polar surface area (TPSA) is 43.1 Å². The second kappa shape index (κ2) is 5.50. The summed E-state index contributed by atoms with van der Waals surface area (Å²) in [5.41, 5.74) is 5.97. The number of halogens is 2. The summed E-state index contributed by atoms with van der Waals surface area (Å²) >= 11 is 11.8. The highest BCUT2D eigenvalue weighted by atomic mass is 35.5. The van der Waals surface area contributed by atoms with Crippen LogP contribution in [0, 0.1) is 5.92 Å². The van der Waals surface area contributed by atoms with Crippen molar-refractivity contribution in [2.45, 2.75) is 13.3 Å². The average molecular weight is 246 g/mol. The van der Waals surface area contributed by atoms with Gasteiger partial charge in [-0.1, -0.05) is 36.2 Å². The third-order valence-electron chi connectivity index (χ3n) is 2.37. The van der Waals surface area contributed by atoms with Crippen molar-refractivity contribution in [1.29, 1.82) is 0 Å². The van der Waals surface area contributed by atoms with Crippen molar-refractivity contribution in [3.05, 3.63) is 33.8 Å². The molecule has 0 saturated heterocycles. The number of ketones is 1. The molecule has 2 N–H and O–H groups in total. The molecule has 82 valence electrons. The fourth-order valence-corrected chi connectivity index (χ4v) is 1.77. The zero-order valence-electron chi connectivity index (χ0n) is 8.47. The first-order chi connectivity index (χ1) is 7.11. The van der Waals surface area contributed by atoms with Crippen molar-refractivity contribution < 1.29 is 4.79 Å². The van der Waals surface area contributed by atoms with Crippen LogP contribution < -0.4 is 5.73 Å². The van der Waals surface area contributed by atoms with E-state index in [9.17, 15) is 4.79 Å². The molecule has 2 nitrogen and oxygen atoms in total. The van der Waals surface area contributed by atoms with E-state index in [0.29, 0.717) is 28.6 Å². The standard InChI is InChI=1S/C11H13Cl2NO/c1-2-7(6-14)11(15)8-4-3-5-9(12)10(8)13/h3-5,7H,2,6,14H2,1H3. The summed E-state index contributed by atoms with van der Waals surface area (Å²) < 4.78 is 0. The Balaban J connectivity index is 3.05. The number of benzene rings is 1. The van der Waals surface area contributed by atoms with Crippen molar-refractivity contribution in [1.82, 2.24) is 0 Å². The predicted octanol–water partition coefficient (Wildman–Crippen LogP) is 3.16. The number of rotatable bonds is 4. The molecule has 0 radical (unpaired) electrons. The van der Waals surface area contributed by atoms with Gasteiger partial charge in [0.25, 0.3) is 0 Å². The molecule has 0 aliphatic carbocycles. The van der Waals surface area contributed by atoms with Crippen molar-refractivity contribution in [2.75, 3.05) is 6.54 Å². The molecule has 0 bridgehead atoms. The van der Waals surface area contributed by atoms with Crippen LogP contribution in [0.4, 0.5) is 0 Å². The highest BCUT2D eigenvalue weighted by molar-refractivity contribution is 6.43. The first-order valence-electron chi connectivity index (χ1n) is 4.80. The van der Waals surface area contributed by atoms with Crippen LogP contribution in [-0.4, -0.2) is 12.3 Å². The zero-order valence-corrected chi connectivity index (χ0v) is 9.98. The fraction of sp³-hybridized carbons (Fsp3) is 0.364. The van der Waals surface area contributed by atoms with Gasteiger partial charge in [-0.2, -0.15) is 0 Å². The smallest absolute Gasteiger partial charge is 0.168 e. The number of carbonyl (C=O) groups excluding carboxylic acids is 1. The predicted molar refractivity (Wildman–Crippen MR) is 63.6 cm³/mol. The summed E-state index contributed by atoms with van der Waals surface area (Å²) in [6.07, 6.45) is 0.707. The highest BCUT2D eigenvalue weighted by Crippen LogP contribution is 2.27. The monoisotopic (exact) mass is 245 g/mol. The summed E-state index contributed by atoms with van der Waals surface area (Å²) in [7, 11) is 0. The molecule has 0 spiro atoms. The Morgan fingerprint density at radius 3 is 2.67 bits per heavy atom. The summed E-state index contributed by atoms with van der Waals surface area (Å²) in [5, 5.41) is 0.713. The summed E-state index contributed by atoms with van der Waals surface area (Å²) in [5.74, 6) is -0.214. The van der Waals surface area contributed by atoms with Crippen molar-refractivity contribution >= 4 is 29.0 Å². The maximum Gasteiger partial charge on any atom is 0.168 e. The molecule has 1 atom stereocenters. The number of hydrogen-bond acceptors (Lipinski definition) is 2. The van der Waals surface area contributed by atoms with Gasteiger partial charge in [0.05, 0.1) is 10.0 Å². The van der Waals surface area contributed by atoms with Crippen molar-refractivity contribution in [3.63, 3.8) is 0 Å². The molecule has 0 amide bonds. The maximum atomic E-state index is 12.0. The van der Waals surface area contributed by atoms with Gasteiger partial charge in [-0.15, -0.1) is 0 Å². The lowest BCUT2D eigenvalue weighted by molar-refractivity contribution is 0.0921. The molecule has 1 rings (SSSR count). The SMILES string of the molecule is CCC(CN)C(=O)c1cccc(Cl)c1Cl. The molecule has 15 heavy (non-hydrogen) atoms. The van der Waals surface area contributed by atoms with Crippen LogP contribution in [0.1, 0.15) is 23.7 Å². The Morgan fingerprint density at radius 2 is 2.13 bits per heavy atom. The highest BCUT2D eigenvalue weighted by Gasteiger charge is 2.19. The van der Waals surface area contributed by atoms with Gasteiger partial charge in [0.2, 0.25) is 0 Å². The van der Waals surface area contributed by atoms with Crippen LogP contribution in [0.3, 0.4) is 0 Å². The molecule has 4 heteroatoms. The van der Waals surface area contributed by atoms with E-state index >= 15 is 0 Å². The molecule has 1 aromatic carbocycles. The molecule has 0 aliphatic heterocycles. The Morgan fingerprint density at radius 1 is 1.47 bits per heavy atom. The lowest BCUT2D eigenvalue weighted by atomic mass is 9.95. The third-order valence-corrected chi connectivity index (χ3v) is 3.18. The molecular weight excluding hydrogens is 233 g/mol. The van der Waals surface area contributed by atoms with Gasteiger partial charge in [-0.25, -0.2) is 0 Å². The molecule has 0 aromatic heterocycles. The van der Waals surface area contributed by atoms with Gasteiger partial charge in [-0.05, 0) is 18.6 Å². The van der Waals surface area contributed by atoms with Crippen LogP contribution in [-0.2, 0) is 0 Å². The minimum atomic E-state index is -0.180. The van der Waals surface area contributed by atoms with Gasteiger partial charge < -0.3 is 5.73 Å². The van der Waals surface area contributed by atoms with E-state index in [1.54, 1.807) is 18.2 Å². The van der Waals surface area contributed by atoms with E-state index in [0.717, 1.165) is 0 Å². The maximum absolute atomic E-state index is 12.0. The molecule has 0 heterocycles. The normalized spacial score (nSPS) is 12.5. The number of Topliss-reactive ketones (excluding diaryl/α,β-unsaturated/α-hetero) is 1. The summed E-state index contributed by atoms with van der Waals surface area (Å²) in [4.78, 5) is 12.0. The van der Waals surface area contributed by atoms with E-state index < -0.39 is 0 Å². The molecular formula is C11H13Cl2NO. The van der Waals surface area contributed by atoms with Crippen LogP contribution in [0.2, 0.25) is 10.0 Å². The molecule has 0 fully saturated rings. The summed E-state index contributed by atoms with van der Waals surface area (Å²) in [6, 6.07) is 5.05. The lowest BCUT2D eigenvalue weighted by Crippen LogP contribution is -2.23. The van der Waals surface area contributed by atoms with E-state index in [1.807, 2.05) is 6.92 Å². The van der Waals surface area contributed by atoms with E-state index in [1.165, 1.54) is 0 Å². The first kappa shape index (κ1) is 12.5. The second-order valence-electron chi connectivity index (χ2n) is 3.31. The van der Waals surface area contributed by atoms with Gasteiger partial charge in [0.15, 0.2) is 5.78 Å². The molecule has 0 aliphatic rings. The first-order valence-corrected chi connectivity index (χ1v) is 5.55. The molecule has 1 unspecified atom stereocenters. The number of carbonyl (C=O) groups is 1. The third kappa shape index (κ3) is 2.71. The number of nitrogens with two attached hydrogens (primary N) is 1. The summed E-state index contributed by atoms with van der Waals surface area (Å²) in [6.45, 7) is 2.26. The Hall–Kier alpha value is -0.570. The van der Waals surface area contributed by atoms with Crippen LogP contribution in [0.25, 0.3) is 0 Å². The van der Waals surface area contributed by atoms with Gasteiger partial charge >= 0.3 is 0 Å². The van der Waals surface area contributed by atoms with E-state index in [2.05, 4.69) is 0 Å². The van der Waals surface area contributed by atoms with E-state index in [-0.39, 0.29) is 11.7 Å². The van der Waals surface area contributed by atoms with Crippen LogP contribution in [0.15, 0.2) is 18.2 Å². The van der Waals surface area contributed by atoms with E-state index in [4.69, 9.17) is 28.9 Å². The Bertz CT molecular complexity index is 362. The Labute approximate surface area is 99.4 Å². The minimum absolute atomic E-state index is 0.0347. The minimum Gasteiger partial charge on any atom is -0.330 e. The quantitative estimate of drug-likeness (QED) is 0.829. The Kier molecular flexibility index (Phi) is 4.58. The van der Waals surface area contributed by atoms with Crippen molar-refractivity contribution in [3.8, 4) is 0 Å². The fourth-order valence-electron chi connectivity index (χ4n) is 1.37. The average Bonchev–Trinajstić information content (AvgIpc) is 2.23. The van der Waals surface area contributed by atoms with Crippen LogP contribution >= 0.6 is 23.2 Å². The molecule has 0 saturated carbocycles. The van der Waals surface area contributed by atoms with Crippen LogP contribution in [0.5, 0.6) is 0 Å². The zero-order chi connectivity index (χ0) is 11.4. The number of hydrogen-bond donors (Lipinski definition) is 1. The van der Waals surface area contributed by atoms with Gasteiger partial charge in [-0.3, -0.25) is 4.79 Å². The largest absolute Gasteiger partial charge is 0.330 e. The van der Waals surface area contributed by atoms with Gasteiger partial charge in [0.1, 0.15) is 0 Å². The lowest BCUT2D eigenvalue weighted by Gasteiger charge is -2.12. The second-order valence-corrected chi connectivity index (χ2v) is 4.09. The van der Waals surface area contributed by atoms with Gasteiger partial charge in [0, 0.05) is 18.0 Å². The van der Waals surface area contributed by atoms with Crippen molar-refractivity contribution in [2.24, 2.45) is 11.7 Å².